The molecule has 0 amide bonds. The number of aromatic nitrogens is 5. The summed E-state index contributed by atoms with van der Waals surface area (Å²) < 4.78 is 6.90. The first-order chi connectivity index (χ1) is 18.2. The molecule has 0 radical (unpaired) electrons. The Kier molecular flexibility index (Phi) is 5.98. The fourth-order valence-corrected chi connectivity index (χ4v) is 4.95. The summed E-state index contributed by atoms with van der Waals surface area (Å²) in [5.41, 5.74) is 4.56. The minimum absolute atomic E-state index is 0.198. The first-order valence-corrected chi connectivity index (χ1v) is 12.3. The molecule has 1 aliphatic carbocycles. The number of anilines is 2. The van der Waals surface area contributed by atoms with Gasteiger partial charge in [0, 0.05) is 18.0 Å². The lowest BCUT2D eigenvalue weighted by molar-refractivity contribution is 0.415. The standard InChI is InChI=1S/C29H26N6O2/c1-37-22-14-12-20(13-15-22)25-27(32-23-18-30-16-17-31-23)33-28-24(19-8-4-2-5-9-19)26(34-35(28)29(25)36)21-10-6-3-7-11-21/h2-4,6-7,10-19,34H,5,8-9H2,1H3,(H,31,32). The number of aromatic amines is 1. The molecule has 1 atom stereocenters. The average molecular weight is 491 g/mol. The van der Waals surface area contributed by atoms with Crippen LogP contribution in [0, 0.1) is 0 Å². The number of H-pyrrole nitrogens is 1. The second-order valence-electron chi connectivity index (χ2n) is 8.99. The summed E-state index contributed by atoms with van der Waals surface area (Å²) in [6.07, 6.45) is 12.1. The van der Waals surface area contributed by atoms with E-state index in [1.165, 1.54) is 0 Å². The number of benzene rings is 2. The molecule has 3 aromatic heterocycles. The van der Waals surface area contributed by atoms with E-state index in [2.05, 4.69) is 44.7 Å². The van der Waals surface area contributed by atoms with Gasteiger partial charge < -0.3 is 10.1 Å². The van der Waals surface area contributed by atoms with Gasteiger partial charge in [0.25, 0.3) is 5.56 Å². The largest absolute Gasteiger partial charge is 0.497 e. The summed E-state index contributed by atoms with van der Waals surface area (Å²) in [5.74, 6) is 1.89. The molecule has 0 bridgehead atoms. The Labute approximate surface area is 213 Å². The fourth-order valence-electron chi connectivity index (χ4n) is 4.95. The second-order valence-corrected chi connectivity index (χ2v) is 8.99. The molecule has 1 unspecified atom stereocenters. The lowest BCUT2D eigenvalue weighted by Crippen LogP contribution is -2.20. The summed E-state index contributed by atoms with van der Waals surface area (Å²) in [4.78, 5) is 27.7. The first kappa shape index (κ1) is 22.7. The van der Waals surface area contributed by atoms with Gasteiger partial charge >= 0.3 is 0 Å². The van der Waals surface area contributed by atoms with Gasteiger partial charge in [-0.15, -0.1) is 0 Å². The van der Waals surface area contributed by atoms with E-state index in [1.807, 2.05) is 42.5 Å². The van der Waals surface area contributed by atoms with Gasteiger partial charge in [0.05, 0.1) is 24.6 Å². The molecular weight excluding hydrogens is 464 g/mol. The van der Waals surface area contributed by atoms with Crippen molar-refractivity contribution in [1.82, 2.24) is 24.6 Å². The molecule has 2 aromatic carbocycles. The smallest absolute Gasteiger partial charge is 0.282 e. The van der Waals surface area contributed by atoms with Gasteiger partial charge in [-0.05, 0) is 48.4 Å². The maximum absolute atomic E-state index is 14.1. The first-order valence-electron chi connectivity index (χ1n) is 12.3. The highest BCUT2D eigenvalue weighted by atomic mass is 16.5. The Bertz CT molecular complexity index is 1620. The van der Waals surface area contributed by atoms with Crippen molar-refractivity contribution in [1.29, 1.82) is 0 Å². The summed E-state index contributed by atoms with van der Waals surface area (Å²) in [5, 5.41) is 6.66. The molecule has 0 saturated carbocycles. The zero-order valence-corrected chi connectivity index (χ0v) is 20.4. The molecular formula is C29H26N6O2. The third-order valence-electron chi connectivity index (χ3n) is 6.75. The predicted molar refractivity (Wildman–Crippen MR) is 144 cm³/mol. The van der Waals surface area contributed by atoms with E-state index in [0.29, 0.717) is 28.6 Å². The number of rotatable bonds is 6. The van der Waals surface area contributed by atoms with E-state index in [-0.39, 0.29) is 11.5 Å². The number of hydrogen-bond acceptors (Lipinski definition) is 6. The van der Waals surface area contributed by atoms with Crippen molar-refractivity contribution >= 4 is 17.3 Å². The topological polar surface area (TPSA) is 97.2 Å². The minimum Gasteiger partial charge on any atom is -0.497 e. The van der Waals surface area contributed by atoms with Crippen LogP contribution in [0.2, 0.25) is 0 Å². The minimum atomic E-state index is -0.198. The van der Waals surface area contributed by atoms with E-state index in [0.717, 1.165) is 41.6 Å². The Morgan fingerprint density at radius 2 is 1.86 bits per heavy atom. The number of nitrogens with zero attached hydrogens (tertiary/aromatic N) is 4. The maximum atomic E-state index is 14.1. The lowest BCUT2D eigenvalue weighted by Gasteiger charge is -2.19. The van der Waals surface area contributed by atoms with Crippen LogP contribution in [0.3, 0.4) is 0 Å². The van der Waals surface area contributed by atoms with E-state index >= 15 is 0 Å². The third-order valence-corrected chi connectivity index (χ3v) is 6.75. The van der Waals surface area contributed by atoms with Crippen molar-refractivity contribution in [2.45, 2.75) is 25.2 Å². The zero-order chi connectivity index (χ0) is 25.2. The van der Waals surface area contributed by atoms with Crippen molar-refractivity contribution < 1.29 is 4.74 Å². The quantitative estimate of drug-likeness (QED) is 0.295. The number of methoxy groups -OCH3 is 1. The van der Waals surface area contributed by atoms with E-state index in [1.54, 1.807) is 30.2 Å². The van der Waals surface area contributed by atoms with Crippen LogP contribution in [0.4, 0.5) is 11.6 Å². The molecule has 0 saturated heterocycles. The fraction of sp³-hybridized carbons (Fsp3) is 0.172. The van der Waals surface area contributed by atoms with Gasteiger partial charge in [0.1, 0.15) is 17.4 Å². The molecule has 0 aliphatic heterocycles. The molecule has 3 heterocycles. The monoisotopic (exact) mass is 490 g/mol. The molecule has 2 N–H and O–H groups in total. The number of ether oxygens (including phenoxy) is 1. The van der Waals surface area contributed by atoms with Gasteiger partial charge in [-0.1, -0.05) is 54.6 Å². The molecule has 0 fully saturated rings. The molecule has 8 heteroatoms. The zero-order valence-electron chi connectivity index (χ0n) is 20.4. The van der Waals surface area contributed by atoms with Gasteiger partial charge in [-0.25, -0.2) is 14.5 Å². The van der Waals surface area contributed by atoms with Crippen molar-refractivity contribution in [2.24, 2.45) is 0 Å². The van der Waals surface area contributed by atoms with Crippen LogP contribution in [0.1, 0.15) is 30.7 Å². The van der Waals surface area contributed by atoms with Crippen LogP contribution in [0.25, 0.3) is 28.0 Å². The normalized spacial score (nSPS) is 15.1. The Hall–Kier alpha value is -4.72. The summed E-state index contributed by atoms with van der Waals surface area (Å²) >= 11 is 0. The van der Waals surface area contributed by atoms with Crippen molar-refractivity contribution in [3.63, 3.8) is 0 Å². The van der Waals surface area contributed by atoms with Crippen LogP contribution in [0.15, 0.2) is 90.1 Å². The van der Waals surface area contributed by atoms with Gasteiger partial charge in [-0.3, -0.25) is 14.9 Å². The third kappa shape index (κ3) is 4.27. The highest BCUT2D eigenvalue weighted by Crippen LogP contribution is 2.39. The molecule has 6 rings (SSSR count). The van der Waals surface area contributed by atoms with Crippen LogP contribution in [-0.4, -0.2) is 31.7 Å². The number of fused-ring (bicyclic) bond motifs is 1. The lowest BCUT2D eigenvalue weighted by atomic mass is 9.86. The predicted octanol–water partition coefficient (Wildman–Crippen LogP) is 5.72. The van der Waals surface area contributed by atoms with Crippen molar-refractivity contribution in [2.75, 3.05) is 12.4 Å². The number of nitrogens with one attached hydrogen (secondary N) is 2. The summed E-state index contributed by atoms with van der Waals surface area (Å²) in [7, 11) is 1.62. The molecule has 184 valence electrons. The SMILES string of the molecule is COc1ccc(-c2c(Nc3cnccn3)nc3c(C4CC=CCC4)c(-c4ccccc4)[nH]n3c2=O)cc1. The van der Waals surface area contributed by atoms with Gasteiger partial charge in [0.15, 0.2) is 5.65 Å². The van der Waals surface area contributed by atoms with E-state index in [9.17, 15) is 4.79 Å². The summed E-state index contributed by atoms with van der Waals surface area (Å²) in [6.45, 7) is 0. The Morgan fingerprint density at radius 3 is 2.57 bits per heavy atom. The van der Waals surface area contributed by atoms with E-state index in [4.69, 9.17) is 9.72 Å². The highest BCUT2D eigenvalue weighted by molar-refractivity contribution is 5.81. The van der Waals surface area contributed by atoms with Gasteiger partial charge in [0.2, 0.25) is 0 Å². The van der Waals surface area contributed by atoms with Crippen LogP contribution >= 0.6 is 0 Å². The van der Waals surface area contributed by atoms with Crippen molar-refractivity contribution in [3.8, 4) is 28.1 Å². The van der Waals surface area contributed by atoms with Crippen LogP contribution in [-0.2, 0) is 0 Å². The van der Waals surface area contributed by atoms with Crippen LogP contribution < -0.4 is 15.6 Å². The van der Waals surface area contributed by atoms with Crippen molar-refractivity contribution in [3.05, 3.63) is 101 Å². The second kappa shape index (κ2) is 9.73. The average Bonchev–Trinajstić information content (AvgIpc) is 3.35. The van der Waals surface area contributed by atoms with Crippen LogP contribution in [0.5, 0.6) is 5.75 Å². The molecule has 1 aliphatic rings. The number of allylic oxidation sites excluding steroid dienone is 2. The van der Waals surface area contributed by atoms with E-state index < -0.39 is 0 Å². The molecule has 5 aromatic rings. The molecule has 8 nitrogen and oxygen atoms in total. The van der Waals surface area contributed by atoms with Gasteiger partial charge in [-0.2, -0.15) is 0 Å². The maximum Gasteiger partial charge on any atom is 0.282 e. The Balaban J connectivity index is 1.63. The highest BCUT2D eigenvalue weighted by Gasteiger charge is 2.27. The Morgan fingerprint density at radius 1 is 1.03 bits per heavy atom. The molecule has 0 spiro atoms. The molecule has 37 heavy (non-hydrogen) atoms. The summed E-state index contributed by atoms with van der Waals surface area (Å²) in [6, 6.07) is 17.5. The number of hydrogen-bond donors (Lipinski definition) is 2.